The minimum atomic E-state index is -3.92. The fourth-order valence-electron chi connectivity index (χ4n) is 2.41. The van der Waals surface area contributed by atoms with E-state index in [-0.39, 0.29) is 22.1 Å². The summed E-state index contributed by atoms with van der Waals surface area (Å²) >= 11 is 5.86. The number of carbonyl (C=O) groups excluding carboxylic acids is 1. The summed E-state index contributed by atoms with van der Waals surface area (Å²) in [4.78, 5) is 11.9. The van der Waals surface area contributed by atoms with Crippen molar-refractivity contribution in [3.05, 3.63) is 58.6 Å². The van der Waals surface area contributed by atoms with Crippen molar-refractivity contribution < 1.29 is 17.9 Å². The summed E-state index contributed by atoms with van der Waals surface area (Å²) in [6.07, 6.45) is 0. The quantitative estimate of drug-likeness (QED) is 0.753. The van der Waals surface area contributed by atoms with Crippen molar-refractivity contribution in [1.82, 2.24) is 10.0 Å². The van der Waals surface area contributed by atoms with Crippen molar-refractivity contribution in [2.75, 3.05) is 13.7 Å². The molecule has 0 heterocycles. The number of halogens is 1. The van der Waals surface area contributed by atoms with Gasteiger partial charge in [0.15, 0.2) is 0 Å². The van der Waals surface area contributed by atoms with Crippen LogP contribution in [0.1, 0.15) is 35.8 Å². The van der Waals surface area contributed by atoms with E-state index in [1.165, 1.54) is 25.3 Å². The zero-order valence-corrected chi connectivity index (χ0v) is 16.3. The monoisotopic (exact) mass is 396 g/mol. The van der Waals surface area contributed by atoms with Crippen LogP contribution in [0.15, 0.2) is 47.4 Å². The third kappa shape index (κ3) is 4.75. The van der Waals surface area contributed by atoms with Gasteiger partial charge in [0, 0.05) is 23.2 Å². The molecule has 140 valence electrons. The number of sulfonamides is 1. The maximum absolute atomic E-state index is 12.8. The average molecular weight is 397 g/mol. The Morgan fingerprint density at radius 1 is 1.19 bits per heavy atom. The molecule has 0 saturated heterocycles. The first-order chi connectivity index (χ1) is 12.3. The van der Waals surface area contributed by atoms with Crippen LogP contribution >= 0.6 is 11.6 Å². The van der Waals surface area contributed by atoms with Crippen molar-refractivity contribution in [1.29, 1.82) is 0 Å². The molecular formula is C18H21ClN2O4S. The molecule has 26 heavy (non-hydrogen) atoms. The van der Waals surface area contributed by atoms with Gasteiger partial charge in [-0.1, -0.05) is 23.7 Å². The van der Waals surface area contributed by atoms with Crippen LogP contribution in [0.5, 0.6) is 5.75 Å². The molecule has 2 N–H and O–H groups in total. The third-order valence-corrected chi connectivity index (χ3v) is 5.57. The van der Waals surface area contributed by atoms with Crippen molar-refractivity contribution in [2.45, 2.75) is 24.8 Å². The van der Waals surface area contributed by atoms with Gasteiger partial charge in [0.25, 0.3) is 5.91 Å². The second-order valence-electron chi connectivity index (χ2n) is 5.62. The number of carbonyl (C=O) groups is 1. The lowest BCUT2D eigenvalue weighted by Gasteiger charge is -2.17. The van der Waals surface area contributed by atoms with Gasteiger partial charge in [-0.15, -0.1) is 0 Å². The number of ether oxygens (including phenoxy) is 1. The number of methoxy groups -OCH3 is 1. The number of nitrogens with one attached hydrogen (secondary N) is 2. The van der Waals surface area contributed by atoms with Gasteiger partial charge in [-0.3, -0.25) is 4.79 Å². The topological polar surface area (TPSA) is 84.5 Å². The lowest BCUT2D eigenvalue weighted by molar-refractivity contribution is 0.0955. The van der Waals surface area contributed by atoms with Crippen LogP contribution in [0.3, 0.4) is 0 Å². The van der Waals surface area contributed by atoms with E-state index in [9.17, 15) is 13.2 Å². The van der Waals surface area contributed by atoms with Crippen molar-refractivity contribution in [3.8, 4) is 5.75 Å². The number of rotatable bonds is 7. The molecule has 1 atom stereocenters. The molecule has 2 rings (SSSR count). The highest BCUT2D eigenvalue weighted by molar-refractivity contribution is 7.89. The zero-order valence-electron chi connectivity index (χ0n) is 14.7. The van der Waals surface area contributed by atoms with E-state index in [4.69, 9.17) is 16.3 Å². The normalized spacial score (nSPS) is 12.5. The zero-order chi connectivity index (χ0) is 19.3. The molecule has 2 aromatic carbocycles. The Balaban J connectivity index is 2.35. The minimum Gasteiger partial charge on any atom is -0.495 e. The molecule has 2 aromatic rings. The second-order valence-corrected chi connectivity index (χ2v) is 7.74. The van der Waals surface area contributed by atoms with Gasteiger partial charge in [-0.2, -0.15) is 0 Å². The summed E-state index contributed by atoms with van der Waals surface area (Å²) in [7, 11) is -2.54. The molecule has 0 aliphatic rings. The van der Waals surface area contributed by atoms with Crippen molar-refractivity contribution in [2.24, 2.45) is 0 Å². The lowest BCUT2D eigenvalue weighted by atomic mass is 10.1. The fourth-order valence-corrected chi connectivity index (χ4v) is 3.96. The first kappa shape index (κ1) is 20.2. The molecule has 0 aliphatic carbocycles. The summed E-state index contributed by atoms with van der Waals surface area (Å²) in [5.74, 6) is -0.189. The summed E-state index contributed by atoms with van der Waals surface area (Å²) in [5, 5.41) is 3.21. The van der Waals surface area contributed by atoms with Crippen LogP contribution in [0.2, 0.25) is 5.02 Å². The fraction of sp³-hybridized carbons (Fsp3) is 0.278. The van der Waals surface area contributed by atoms with Crippen LogP contribution in [0, 0.1) is 0 Å². The Labute approximate surface area is 158 Å². The molecular weight excluding hydrogens is 376 g/mol. The van der Waals surface area contributed by atoms with E-state index in [1.807, 2.05) is 0 Å². The summed E-state index contributed by atoms with van der Waals surface area (Å²) < 4.78 is 33.5. The predicted molar refractivity (Wildman–Crippen MR) is 101 cm³/mol. The van der Waals surface area contributed by atoms with Crippen LogP contribution in [0.4, 0.5) is 0 Å². The Kier molecular flexibility index (Phi) is 6.63. The van der Waals surface area contributed by atoms with Crippen molar-refractivity contribution in [3.63, 3.8) is 0 Å². The Morgan fingerprint density at radius 3 is 2.42 bits per heavy atom. The van der Waals surface area contributed by atoms with Gasteiger partial charge in [0.2, 0.25) is 10.0 Å². The van der Waals surface area contributed by atoms with Crippen LogP contribution in [0.25, 0.3) is 0 Å². The highest BCUT2D eigenvalue weighted by Crippen LogP contribution is 2.27. The van der Waals surface area contributed by atoms with E-state index in [2.05, 4.69) is 10.0 Å². The van der Waals surface area contributed by atoms with Crippen LogP contribution < -0.4 is 14.8 Å². The van der Waals surface area contributed by atoms with Gasteiger partial charge < -0.3 is 10.1 Å². The van der Waals surface area contributed by atoms with Gasteiger partial charge in [-0.25, -0.2) is 13.1 Å². The maximum atomic E-state index is 12.8. The second kappa shape index (κ2) is 8.53. The third-order valence-electron chi connectivity index (χ3n) is 3.75. The molecule has 1 amide bonds. The highest BCUT2D eigenvalue weighted by atomic mass is 35.5. The summed E-state index contributed by atoms with van der Waals surface area (Å²) in [5.41, 5.74) is 1.00. The van der Waals surface area contributed by atoms with Crippen LogP contribution in [-0.4, -0.2) is 28.0 Å². The number of benzene rings is 2. The van der Waals surface area contributed by atoms with E-state index in [0.717, 1.165) is 5.56 Å². The molecule has 0 aromatic heterocycles. The van der Waals surface area contributed by atoms with Crippen LogP contribution in [-0.2, 0) is 10.0 Å². The standard InChI is InChI=1S/C18H21ClN2O4S/c1-4-20-18(22)14-7-10-16(25-3)17(11-14)26(23,24)21-12(2)13-5-8-15(19)9-6-13/h5-12,21H,4H2,1-3H3,(H,20,22)/t12-/m0/s1. The minimum absolute atomic E-state index is 0.0930. The van der Waals surface area contributed by atoms with Gasteiger partial charge in [-0.05, 0) is 49.7 Å². The predicted octanol–water partition coefficient (Wildman–Crippen LogP) is 3.14. The first-order valence-electron chi connectivity index (χ1n) is 8.02. The number of hydrogen-bond acceptors (Lipinski definition) is 4. The average Bonchev–Trinajstić information content (AvgIpc) is 2.61. The maximum Gasteiger partial charge on any atom is 0.251 e. The molecule has 6 nitrogen and oxygen atoms in total. The Hall–Kier alpha value is -2.09. The van der Waals surface area contributed by atoms with E-state index in [0.29, 0.717) is 11.6 Å². The number of amides is 1. The SMILES string of the molecule is CCNC(=O)c1ccc(OC)c(S(=O)(=O)N[C@@H](C)c2ccc(Cl)cc2)c1. The Morgan fingerprint density at radius 2 is 1.85 bits per heavy atom. The Bertz CT molecular complexity index is 883. The molecule has 0 radical (unpaired) electrons. The lowest BCUT2D eigenvalue weighted by Crippen LogP contribution is -2.28. The molecule has 0 spiro atoms. The molecule has 0 unspecified atom stereocenters. The van der Waals surface area contributed by atoms with Crippen molar-refractivity contribution >= 4 is 27.5 Å². The molecule has 0 bridgehead atoms. The smallest absolute Gasteiger partial charge is 0.251 e. The van der Waals surface area contributed by atoms with E-state index >= 15 is 0 Å². The van der Waals surface area contributed by atoms with Gasteiger partial charge in [0.05, 0.1) is 7.11 Å². The molecule has 0 aliphatic heterocycles. The molecule has 8 heteroatoms. The van der Waals surface area contributed by atoms with E-state index in [1.54, 1.807) is 38.1 Å². The summed E-state index contributed by atoms with van der Waals surface area (Å²) in [6.45, 7) is 3.95. The van der Waals surface area contributed by atoms with Gasteiger partial charge in [0.1, 0.15) is 10.6 Å². The summed E-state index contributed by atoms with van der Waals surface area (Å²) in [6, 6.07) is 10.7. The van der Waals surface area contributed by atoms with Gasteiger partial charge >= 0.3 is 0 Å². The molecule has 0 saturated carbocycles. The first-order valence-corrected chi connectivity index (χ1v) is 9.88. The molecule has 0 fully saturated rings. The highest BCUT2D eigenvalue weighted by Gasteiger charge is 2.24. The van der Waals surface area contributed by atoms with E-state index < -0.39 is 16.1 Å². The largest absolute Gasteiger partial charge is 0.495 e. The number of hydrogen-bond donors (Lipinski definition) is 2.